The average molecular weight is 317 g/mol. The Kier molecular flexibility index (Phi) is 8.52. The third-order valence-electron chi connectivity index (χ3n) is 2.62. The lowest BCUT2D eigenvalue weighted by Crippen LogP contribution is -2.41. The van der Waals surface area contributed by atoms with Crippen LogP contribution < -0.4 is 5.32 Å². The number of carbonyl (C=O) groups is 3. The van der Waals surface area contributed by atoms with E-state index in [1.165, 1.54) is 0 Å². The van der Waals surface area contributed by atoms with Crippen molar-refractivity contribution in [2.45, 2.75) is 47.1 Å². The van der Waals surface area contributed by atoms with Crippen LogP contribution in [0.15, 0.2) is 0 Å². The Bertz CT molecular complexity index is 370. The summed E-state index contributed by atoms with van der Waals surface area (Å²) in [6.45, 7) is 10.6. The summed E-state index contributed by atoms with van der Waals surface area (Å²) in [4.78, 5) is 35.4. The second-order valence-electron chi connectivity index (χ2n) is 5.84. The standard InChI is InChI=1S/C15H27NO6/c1-7-20-12(17)11(13(18)21-8-2)10(3)9-16-14(19)22-15(4,5)6/h10-11H,7-9H2,1-6H3,(H,16,19)/t10-/m1/s1. The van der Waals surface area contributed by atoms with Gasteiger partial charge in [0, 0.05) is 6.54 Å². The maximum absolute atomic E-state index is 11.9. The molecule has 0 spiro atoms. The third kappa shape index (κ3) is 7.85. The molecule has 0 radical (unpaired) electrons. The molecule has 0 aromatic carbocycles. The first kappa shape index (κ1) is 20.2. The molecule has 7 nitrogen and oxygen atoms in total. The molecule has 0 saturated carbocycles. The molecule has 0 aliphatic heterocycles. The molecule has 0 heterocycles. The number of hydrogen-bond donors (Lipinski definition) is 1. The van der Waals surface area contributed by atoms with Gasteiger partial charge >= 0.3 is 18.0 Å². The van der Waals surface area contributed by atoms with Gasteiger partial charge in [-0.05, 0) is 40.5 Å². The molecule has 0 aliphatic carbocycles. The quantitative estimate of drug-likeness (QED) is 0.438. The lowest BCUT2D eigenvalue weighted by Gasteiger charge is -2.23. The predicted octanol–water partition coefficient (Wildman–Crippen LogP) is 1.89. The smallest absolute Gasteiger partial charge is 0.407 e. The Balaban J connectivity index is 4.69. The van der Waals surface area contributed by atoms with Gasteiger partial charge in [0.25, 0.3) is 0 Å². The summed E-state index contributed by atoms with van der Waals surface area (Å²) in [5.41, 5.74) is -0.616. The van der Waals surface area contributed by atoms with E-state index >= 15 is 0 Å². The van der Waals surface area contributed by atoms with Crippen molar-refractivity contribution in [1.82, 2.24) is 5.32 Å². The second-order valence-corrected chi connectivity index (χ2v) is 5.84. The minimum Gasteiger partial charge on any atom is -0.465 e. The molecule has 1 amide bonds. The van der Waals surface area contributed by atoms with Gasteiger partial charge in [0.1, 0.15) is 5.60 Å². The number of ether oxygens (including phenoxy) is 3. The lowest BCUT2D eigenvalue weighted by atomic mass is 9.94. The number of alkyl carbamates (subject to hydrolysis) is 1. The van der Waals surface area contributed by atoms with Gasteiger partial charge in [-0.25, -0.2) is 4.79 Å². The van der Waals surface area contributed by atoms with E-state index in [0.717, 1.165) is 0 Å². The summed E-state index contributed by atoms with van der Waals surface area (Å²) in [7, 11) is 0. The molecule has 0 rings (SSSR count). The van der Waals surface area contributed by atoms with Crippen molar-refractivity contribution in [3.8, 4) is 0 Å². The number of esters is 2. The normalized spacial score (nSPS) is 12.5. The van der Waals surface area contributed by atoms with Gasteiger partial charge in [0.2, 0.25) is 0 Å². The van der Waals surface area contributed by atoms with Gasteiger partial charge in [-0.3, -0.25) is 9.59 Å². The largest absolute Gasteiger partial charge is 0.465 e. The van der Waals surface area contributed by atoms with Crippen LogP contribution in [0.4, 0.5) is 4.79 Å². The Morgan fingerprint density at radius 2 is 1.45 bits per heavy atom. The predicted molar refractivity (Wildman–Crippen MR) is 80.2 cm³/mol. The zero-order valence-electron chi connectivity index (χ0n) is 14.2. The van der Waals surface area contributed by atoms with E-state index in [1.54, 1.807) is 41.5 Å². The number of hydrogen-bond acceptors (Lipinski definition) is 6. The van der Waals surface area contributed by atoms with Crippen LogP contribution in [0.1, 0.15) is 41.5 Å². The fraction of sp³-hybridized carbons (Fsp3) is 0.800. The zero-order valence-corrected chi connectivity index (χ0v) is 14.2. The summed E-state index contributed by atoms with van der Waals surface area (Å²) >= 11 is 0. The fourth-order valence-corrected chi connectivity index (χ4v) is 1.70. The fourth-order valence-electron chi connectivity index (χ4n) is 1.70. The van der Waals surface area contributed by atoms with Crippen molar-refractivity contribution in [2.24, 2.45) is 11.8 Å². The van der Waals surface area contributed by atoms with Crippen molar-refractivity contribution in [3.63, 3.8) is 0 Å². The highest BCUT2D eigenvalue weighted by Gasteiger charge is 2.35. The van der Waals surface area contributed by atoms with Gasteiger partial charge < -0.3 is 19.5 Å². The highest BCUT2D eigenvalue weighted by atomic mass is 16.6. The molecule has 0 bridgehead atoms. The molecule has 0 saturated heterocycles. The number of nitrogens with one attached hydrogen (secondary N) is 1. The number of rotatable bonds is 7. The topological polar surface area (TPSA) is 90.9 Å². The monoisotopic (exact) mass is 317 g/mol. The van der Waals surface area contributed by atoms with Crippen molar-refractivity contribution in [3.05, 3.63) is 0 Å². The zero-order chi connectivity index (χ0) is 17.3. The molecule has 22 heavy (non-hydrogen) atoms. The minimum atomic E-state index is -1.07. The van der Waals surface area contributed by atoms with E-state index in [-0.39, 0.29) is 19.8 Å². The van der Waals surface area contributed by atoms with Crippen LogP contribution in [0, 0.1) is 11.8 Å². The van der Waals surface area contributed by atoms with Crippen molar-refractivity contribution < 1.29 is 28.6 Å². The first-order chi connectivity index (χ1) is 10.1. The van der Waals surface area contributed by atoms with Crippen LogP contribution in [0.3, 0.4) is 0 Å². The highest BCUT2D eigenvalue weighted by Crippen LogP contribution is 2.16. The summed E-state index contributed by atoms with van der Waals surface area (Å²) < 4.78 is 14.9. The minimum absolute atomic E-state index is 0.0945. The summed E-state index contributed by atoms with van der Waals surface area (Å²) in [5.74, 6) is -2.86. The molecule has 0 fully saturated rings. The molecular formula is C15H27NO6. The summed E-state index contributed by atoms with van der Waals surface area (Å²) in [6, 6.07) is 0. The highest BCUT2D eigenvalue weighted by molar-refractivity contribution is 5.95. The van der Waals surface area contributed by atoms with Gasteiger partial charge in [0.05, 0.1) is 13.2 Å². The van der Waals surface area contributed by atoms with E-state index in [0.29, 0.717) is 0 Å². The van der Waals surface area contributed by atoms with Crippen LogP contribution in [-0.2, 0) is 23.8 Å². The van der Waals surface area contributed by atoms with E-state index < -0.39 is 35.5 Å². The van der Waals surface area contributed by atoms with Gasteiger partial charge in [-0.15, -0.1) is 0 Å². The summed E-state index contributed by atoms with van der Waals surface area (Å²) in [6.07, 6.45) is -0.606. The Labute approximate surface area is 131 Å². The molecule has 0 unspecified atom stereocenters. The summed E-state index contributed by atoms with van der Waals surface area (Å²) in [5, 5.41) is 2.54. The molecular weight excluding hydrogens is 290 g/mol. The Hall–Kier alpha value is -1.79. The van der Waals surface area contributed by atoms with E-state index in [1.807, 2.05) is 0 Å². The maximum atomic E-state index is 11.9. The van der Waals surface area contributed by atoms with Gasteiger partial charge in [0.15, 0.2) is 5.92 Å². The van der Waals surface area contributed by atoms with Crippen LogP contribution in [-0.4, -0.2) is 43.4 Å². The molecule has 0 aromatic heterocycles. The van der Waals surface area contributed by atoms with Crippen LogP contribution in [0.2, 0.25) is 0 Å². The first-order valence-corrected chi connectivity index (χ1v) is 7.42. The van der Waals surface area contributed by atoms with E-state index in [2.05, 4.69) is 5.32 Å². The van der Waals surface area contributed by atoms with Crippen molar-refractivity contribution in [1.29, 1.82) is 0 Å². The lowest BCUT2D eigenvalue weighted by molar-refractivity contribution is -0.164. The maximum Gasteiger partial charge on any atom is 0.407 e. The van der Waals surface area contributed by atoms with E-state index in [4.69, 9.17) is 14.2 Å². The SMILES string of the molecule is CCOC(=O)C(C(=O)OCC)[C@H](C)CNC(=O)OC(C)(C)C. The van der Waals surface area contributed by atoms with E-state index in [9.17, 15) is 14.4 Å². The van der Waals surface area contributed by atoms with Gasteiger partial charge in [-0.1, -0.05) is 6.92 Å². The molecule has 0 aromatic rings. The third-order valence-corrected chi connectivity index (χ3v) is 2.62. The second kappa shape index (κ2) is 9.27. The molecule has 7 heteroatoms. The molecule has 1 N–H and O–H groups in total. The van der Waals surface area contributed by atoms with Crippen LogP contribution >= 0.6 is 0 Å². The van der Waals surface area contributed by atoms with Crippen LogP contribution in [0.25, 0.3) is 0 Å². The molecule has 128 valence electrons. The van der Waals surface area contributed by atoms with Crippen LogP contribution in [0.5, 0.6) is 0 Å². The molecule has 1 atom stereocenters. The van der Waals surface area contributed by atoms with Crippen molar-refractivity contribution in [2.75, 3.05) is 19.8 Å². The van der Waals surface area contributed by atoms with Crippen molar-refractivity contribution >= 4 is 18.0 Å². The number of amides is 1. The number of carbonyl (C=O) groups excluding carboxylic acids is 3. The first-order valence-electron chi connectivity index (χ1n) is 7.42. The Morgan fingerprint density at radius 1 is 1.00 bits per heavy atom. The van der Waals surface area contributed by atoms with Gasteiger partial charge in [-0.2, -0.15) is 0 Å². The Morgan fingerprint density at radius 3 is 1.82 bits per heavy atom. The molecule has 0 aliphatic rings. The average Bonchev–Trinajstić information content (AvgIpc) is 2.35.